The molecule has 2 aromatic heterocycles. The molecule has 1 aromatic carbocycles. The third kappa shape index (κ3) is 3.41. The van der Waals surface area contributed by atoms with Gasteiger partial charge in [-0.15, -0.1) is 5.10 Å². The zero-order valence-corrected chi connectivity index (χ0v) is 16.4. The Morgan fingerprint density at radius 3 is 2.77 bits per heavy atom. The first-order valence-electron chi connectivity index (χ1n) is 9.84. The number of amides is 3. The molecular weight excluding hydrogens is 400 g/mol. The van der Waals surface area contributed by atoms with Crippen LogP contribution < -0.4 is 10.9 Å². The molecule has 5 rings (SSSR count). The molecule has 1 saturated heterocycles. The quantitative estimate of drug-likeness (QED) is 0.606. The van der Waals surface area contributed by atoms with Crippen molar-refractivity contribution >= 4 is 17.7 Å². The number of carbonyl (C=O) groups is 3. The van der Waals surface area contributed by atoms with E-state index in [1.54, 1.807) is 41.3 Å². The highest BCUT2D eigenvalue weighted by atomic mass is 16.2. The van der Waals surface area contributed by atoms with E-state index in [0.717, 1.165) is 11.3 Å². The second kappa shape index (κ2) is 7.31. The monoisotopic (exact) mass is 418 g/mol. The average molecular weight is 418 g/mol. The molecule has 0 aliphatic carbocycles. The Kier molecular flexibility index (Phi) is 4.46. The highest BCUT2D eigenvalue weighted by Gasteiger charge is 2.39. The van der Waals surface area contributed by atoms with Crippen molar-refractivity contribution in [3.05, 3.63) is 76.0 Å². The van der Waals surface area contributed by atoms with Gasteiger partial charge < -0.3 is 9.47 Å². The summed E-state index contributed by atoms with van der Waals surface area (Å²) in [7, 11) is 0. The Morgan fingerprint density at radius 2 is 1.97 bits per heavy atom. The lowest BCUT2D eigenvalue weighted by Crippen LogP contribution is -2.52. The fourth-order valence-corrected chi connectivity index (χ4v) is 3.97. The first-order valence-corrected chi connectivity index (χ1v) is 9.84. The van der Waals surface area contributed by atoms with Crippen LogP contribution in [0, 0.1) is 0 Å². The third-order valence-electron chi connectivity index (χ3n) is 5.54. The van der Waals surface area contributed by atoms with Crippen LogP contribution in [0.25, 0.3) is 5.69 Å². The second-order valence-electron chi connectivity index (χ2n) is 7.56. The van der Waals surface area contributed by atoms with Gasteiger partial charge in [-0.1, -0.05) is 11.3 Å². The summed E-state index contributed by atoms with van der Waals surface area (Å²) in [5, 5.41) is 10.6. The highest BCUT2D eigenvalue weighted by Crippen LogP contribution is 2.29. The van der Waals surface area contributed by atoms with E-state index < -0.39 is 11.9 Å². The van der Waals surface area contributed by atoms with Gasteiger partial charge in [0.2, 0.25) is 11.8 Å². The van der Waals surface area contributed by atoms with E-state index in [-0.39, 0.29) is 30.3 Å². The van der Waals surface area contributed by atoms with Crippen LogP contribution in [0.15, 0.2) is 53.6 Å². The van der Waals surface area contributed by atoms with Gasteiger partial charge in [0.15, 0.2) is 0 Å². The predicted octanol–water partition coefficient (Wildman–Crippen LogP) is 0.238. The Labute approximate surface area is 176 Å². The standard InChI is InChI=1S/C21H18N6O4/c28-18-7-6-17(20(30)22-18)26-10-13-9-15(4-5-16(13)21(26)31)27-12-14(23-24-27)11-25-8-2-1-3-19(25)29/h1-5,8-9,12,17H,6-7,10-11H2,(H,22,28,30). The number of hydrogen-bond acceptors (Lipinski definition) is 6. The average Bonchev–Trinajstić information content (AvgIpc) is 3.34. The lowest BCUT2D eigenvalue weighted by atomic mass is 10.0. The largest absolute Gasteiger partial charge is 0.322 e. The van der Waals surface area contributed by atoms with Crippen LogP contribution in [0.2, 0.25) is 0 Å². The molecule has 3 amide bonds. The van der Waals surface area contributed by atoms with E-state index in [4.69, 9.17) is 0 Å². The zero-order valence-electron chi connectivity index (χ0n) is 16.4. The highest BCUT2D eigenvalue weighted by molar-refractivity contribution is 6.05. The van der Waals surface area contributed by atoms with Crippen molar-refractivity contribution < 1.29 is 14.4 Å². The van der Waals surface area contributed by atoms with Crippen molar-refractivity contribution in [3.8, 4) is 5.69 Å². The first-order chi connectivity index (χ1) is 15.0. The van der Waals surface area contributed by atoms with E-state index in [1.807, 2.05) is 6.07 Å². The number of carbonyl (C=O) groups excluding carboxylic acids is 3. The predicted molar refractivity (Wildman–Crippen MR) is 107 cm³/mol. The fraction of sp³-hybridized carbons (Fsp3) is 0.238. The number of nitrogens with zero attached hydrogens (tertiary/aromatic N) is 5. The topological polar surface area (TPSA) is 119 Å². The second-order valence-corrected chi connectivity index (χ2v) is 7.56. The zero-order chi connectivity index (χ0) is 21.5. The number of piperidine rings is 1. The van der Waals surface area contributed by atoms with Gasteiger partial charge >= 0.3 is 0 Å². The van der Waals surface area contributed by atoms with E-state index in [9.17, 15) is 19.2 Å². The number of benzene rings is 1. The number of rotatable bonds is 4. The minimum absolute atomic E-state index is 0.123. The maximum atomic E-state index is 12.8. The van der Waals surface area contributed by atoms with Crippen molar-refractivity contribution in [2.75, 3.05) is 0 Å². The molecule has 4 heterocycles. The minimum atomic E-state index is -0.650. The van der Waals surface area contributed by atoms with Gasteiger partial charge in [-0.3, -0.25) is 24.5 Å². The summed E-state index contributed by atoms with van der Waals surface area (Å²) in [6.07, 6.45) is 3.96. The Balaban J connectivity index is 1.37. The summed E-state index contributed by atoms with van der Waals surface area (Å²) >= 11 is 0. The van der Waals surface area contributed by atoms with Crippen LogP contribution in [0.1, 0.15) is 34.5 Å². The molecule has 1 unspecified atom stereocenters. The smallest absolute Gasteiger partial charge is 0.255 e. The fourth-order valence-electron chi connectivity index (χ4n) is 3.97. The molecule has 1 atom stereocenters. The summed E-state index contributed by atoms with van der Waals surface area (Å²) in [5.41, 5.74) is 2.53. The van der Waals surface area contributed by atoms with E-state index >= 15 is 0 Å². The molecule has 0 spiro atoms. The van der Waals surface area contributed by atoms with Crippen molar-refractivity contribution in [3.63, 3.8) is 0 Å². The van der Waals surface area contributed by atoms with Gasteiger partial charge in [-0.25, -0.2) is 4.68 Å². The Morgan fingerprint density at radius 1 is 1.10 bits per heavy atom. The number of hydrogen-bond donors (Lipinski definition) is 1. The SMILES string of the molecule is O=C1CCC(N2Cc3cc(-n4cc(Cn5ccccc5=O)nn4)ccc3C2=O)C(=O)N1. The summed E-state index contributed by atoms with van der Waals surface area (Å²) in [6.45, 7) is 0.585. The van der Waals surface area contributed by atoms with E-state index in [2.05, 4.69) is 15.6 Å². The Bertz CT molecular complexity index is 1280. The number of imide groups is 1. The number of aromatic nitrogens is 4. The van der Waals surface area contributed by atoms with Gasteiger partial charge in [0.25, 0.3) is 11.5 Å². The molecule has 10 nitrogen and oxygen atoms in total. The molecule has 2 aliphatic rings. The molecule has 0 saturated carbocycles. The van der Waals surface area contributed by atoms with Crippen molar-refractivity contribution in [1.29, 1.82) is 0 Å². The van der Waals surface area contributed by atoms with Gasteiger partial charge in [0.05, 0.1) is 18.4 Å². The van der Waals surface area contributed by atoms with Crippen LogP contribution in [-0.2, 0) is 22.7 Å². The maximum absolute atomic E-state index is 12.8. The Hall–Kier alpha value is -4.08. The number of pyridine rings is 1. The molecular formula is C21H18N6O4. The minimum Gasteiger partial charge on any atom is -0.322 e. The van der Waals surface area contributed by atoms with Crippen LogP contribution in [-0.4, -0.2) is 48.2 Å². The molecule has 1 fully saturated rings. The number of fused-ring (bicyclic) bond motifs is 1. The van der Waals surface area contributed by atoms with E-state index in [1.165, 1.54) is 15.5 Å². The molecule has 3 aromatic rings. The first kappa shape index (κ1) is 18.9. The molecule has 0 radical (unpaired) electrons. The summed E-state index contributed by atoms with van der Waals surface area (Å²) in [4.78, 5) is 49.8. The molecule has 10 heteroatoms. The maximum Gasteiger partial charge on any atom is 0.255 e. The van der Waals surface area contributed by atoms with Crippen LogP contribution in [0.3, 0.4) is 0 Å². The summed E-state index contributed by atoms with van der Waals surface area (Å²) in [5.74, 6) is -0.971. The van der Waals surface area contributed by atoms with Crippen LogP contribution >= 0.6 is 0 Å². The molecule has 156 valence electrons. The van der Waals surface area contributed by atoms with Crippen molar-refractivity contribution in [1.82, 2.24) is 29.8 Å². The molecule has 1 N–H and O–H groups in total. The van der Waals surface area contributed by atoms with Crippen molar-refractivity contribution in [2.45, 2.75) is 32.0 Å². The van der Waals surface area contributed by atoms with E-state index in [0.29, 0.717) is 24.2 Å². The van der Waals surface area contributed by atoms with Crippen molar-refractivity contribution in [2.24, 2.45) is 0 Å². The van der Waals surface area contributed by atoms with Gasteiger partial charge in [0.1, 0.15) is 11.7 Å². The molecule has 31 heavy (non-hydrogen) atoms. The summed E-state index contributed by atoms with van der Waals surface area (Å²) < 4.78 is 3.12. The number of nitrogens with one attached hydrogen (secondary N) is 1. The summed E-state index contributed by atoms with van der Waals surface area (Å²) in [6, 6.07) is 9.60. The lowest BCUT2D eigenvalue weighted by molar-refractivity contribution is -0.136. The van der Waals surface area contributed by atoms with Crippen LogP contribution in [0.4, 0.5) is 0 Å². The van der Waals surface area contributed by atoms with Gasteiger partial charge in [0, 0.05) is 30.8 Å². The molecule has 0 bridgehead atoms. The third-order valence-corrected chi connectivity index (χ3v) is 5.54. The van der Waals surface area contributed by atoms with Gasteiger partial charge in [-0.2, -0.15) is 0 Å². The molecule has 2 aliphatic heterocycles. The van der Waals surface area contributed by atoms with Gasteiger partial charge in [-0.05, 0) is 36.2 Å². The lowest BCUT2D eigenvalue weighted by Gasteiger charge is -2.29. The normalized spacial score (nSPS) is 18.3. The van der Waals surface area contributed by atoms with Crippen LogP contribution in [0.5, 0.6) is 0 Å².